The van der Waals surface area contributed by atoms with Crippen LogP contribution in [0.1, 0.15) is 37.5 Å². The number of hydrogen-bond donors (Lipinski definition) is 1. The summed E-state index contributed by atoms with van der Waals surface area (Å²) in [5.74, 6) is 1.95. The fourth-order valence-electron chi connectivity index (χ4n) is 1.99. The maximum absolute atomic E-state index is 5.29. The Morgan fingerprint density at radius 1 is 1.38 bits per heavy atom. The Hall–Kier alpha value is -1.95. The van der Waals surface area contributed by atoms with Gasteiger partial charge in [-0.25, -0.2) is 4.98 Å². The molecule has 0 aliphatic heterocycles. The number of nitrogens with one attached hydrogen (secondary N) is 1. The lowest BCUT2D eigenvalue weighted by Crippen LogP contribution is -2.28. The van der Waals surface area contributed by atoms with Gasteiger partial charge in [-0.1, -0.05) is 18.1 Å². The Balaban J connectivity index is 1.90. The zero-order valence-electron chi connectivity index (χ0n) is 12.8. The fraction of sp³-hybridized carbons (Fsp3) is 0.533. The summed E-state index contributed by atoms with van der Waals surface area (Å²) < 4.78 is 10.3. The van der Waals surface area contributed by atoms with Crippen molar-refractivity contribution in [3.05, 3.63) is 35.6 Å². The van der Waals surface area contributed by atoms with Crippen LogP contribution in [-0.2, 0) is 12.8 Å². The van der Waals surface area contributed by atoms with Gasteiger partial charge in [0.1, 0.15) is 0 Å². The van der Waals surface area contributed by atoms with Crippen LogP contribution in [-0.4, -0.2) is 34.8 Å². The molecule has 1 N–H and O–H groups in total. The molecule has 0 aliphatic carbocycles. The van der Waals surface area contributed by atoms with Gasteiger partial charge in [-0.2, -0.15) is 4.98 Å². The van der Waals surface area contributed by atoms with Crippen LogP contribution in [0.4, 0.5) is 0 Å². The number of pyridine rings is 1. The molecule has 2 heterocycles. The van der Waals surface area contributed by atoms with E-state index in [0.717, 1.165) is 24.9 Å². The largest absolute Gasteiger partial charge is 0.481 e. The van der Waals surface area contributed by atoms with Crippen LogP contribution in [0.5, 0.6) is 5.88 Å². The quantitative estimate of drug-likeness (QED) is 0.801. The lowest BCUT2D eigenvalue weighted by Gasteiger charge is -2.09. The van der Waals surface area contributed by atoms with Gasteiger partial charge in [-0.05, 0) is 25.5 Å². The smallest absolute Gasteiger partial charge is 0.228 e. The third-order valence-electron chi connectivity index (χ3n) is 3.10. The number of methoxy groups -OCH3 is 1. The SMILES string of the molecule is CCCNC(C)Cc1nc(Cc2ccc(OC)nc2)no1. The van der Waals surface area contributed by atoms with E-state index in [1.807, 2.05) is 12.1 Å². The van der Waals surface area contributed by atoms with Crippen LogP contribution < -0.4 is 10.1 Å². The van der Waals surface area contributed by atoms with E-state index in [2.05, 4.69) is 34.3 Å². The highest BCUT2D eigenvalue weighted by molar-refractivity contribution is 5.20. The Kier molecular flexibility index (Phi) is 5.68. The van der Waals surface area contributed by atoms with E-state index >= 15 is 0 Å². The van der Waals surface area contributed by atoms with Gasteiger partial charge in [-0.15, -0.1) is 0 Å². The van der Waals surface area contributed by atoms with Gasteiger partial charge in [0.25, 0.3) is 0 Å². The summed E-state index contributed by atoms with van der Waals surface area (Å²) in [6.45, 7) is 5.26. The lowest BCUT2D eigenvalue weighted by atomic mass is 10.2. The molecule has 0 amide bonds. The second-order valence-corrected chi connectivity index (χ2v) is 5.05. The Labute approximate surface area is 124 Å². The highest BCUT2D eigenvalue weighted by atomic mass is 16.5. The van der Waals surface area contributed by atoms with E-state index in [1.165, 1.54) is 0 Å². The van der Waals surface area contributed by atoms with Crippen molar-refractivity contribution in [2.24, 2.45) is 0 Å². The van der Waals surface area contributed by atoms with E-state index in [1.54, 1.807) is 13.3 Å². The molecular formula is C15H22N4O2. The van der Waals surface area contributed by atoms with Gasteiger partial charge in [-0.3, -0.25) is 0 Å². The predicted molar refractivity (Wildman–Crippen MR) is 79.4 cm³/mol. The third-order valence-corrected chi connectivity index (χ3v) is 3.10. The van der Waals surface area contributed by atoms with E-state index in [0.29, 0.717) is 30.1 Å². The molecule has 6 heteroatoms. The zero-order chi connectivity index (χ0) is 15.1. The average molecular weight is 290 g/mol. The standard InChI is InChI=1S/C15H22N4O2/c1-4-7-16-11(2)8-15-18-13(19-21-15)9-12-5-6-14(20-3)17-10-12/h5-6,10-11,16H,4,7-9H2,1-3H3. The van der Waals surface area contributed by atoms with Crippen LogP contribution >= 0.6 is 0 Å². The van der Waals surface area contributed by atoms with Crippen LogP contribution in [0, 0.1) is 0 Å². The minimum Gasteiger partial charge on any atom is -0.481 e. The highest BCUT2D eigenvalue weighted by Crippen LogP contribution is 2.10. The molecule has 0 fully saturated rings. The zero-order valence-corrected chi connectivity index (χ0v) is 12.8. The molecule has 0 aromatic carbocycles. The summed E-state index contributed by atoms with van der Waals surface area (Å²) in [7, 11) is 1.60. The maximum atomic E-state index is 5.29. The van der Waals surface area contributed by atoms with Gasteiger partial charge < -0.3 is 14.6 Å². The van der Waals surface area contributed by atoms with E-state index in [4.69, 9.17) is 9.26 Å². The van der Waals surface area contributed by atoms with Gasteiger partial charge >= 0.3 is 0 Å². The molecule has 114 valence electrons. The van der Waals surface area contributed by atoms with Gasteiger partial charge in [0.15, 0.2) is 5.82 Å². The average Bonchev–Trinajstić information content (AvgIpc) is 2.93. The van der Waals surface area contributed by atoms with E-state index in [-0.39, 0.29) is 0 Å². The molecule has 21 heavy (non-hydrogen) atoms. The number of rotatable bonds is 8. The first-order valence-corrected chi connectivity index (χ1v) is 7.25. The first-order valence-electron chi connectivity index (χ1n) is 7.25. The summed E-state index contributed by atoms with van der Waals surface area (Å²) in [5, 5.41) is 7.42. The topological polar surface area (TPSA) is 73.1 Å². The van der Waals surface area contributed by atoms with Crippen molar-refractivity contribution in [2.45, 2.75) is 39.2 Å². The minimum atomic E-state index is 0.334. The maximum Gasteiger partial charge on any atom is 0.228 e. The number of ether oxygens (including phenoxy) is 1. The van der Waals surface area contributed by atoms with Crippen LogP contribution in [0.25, 0.3) is 0 Å². The Morgan fingerprint density at radius 2 is 2.24 bits per heavy atom. The highest BCUT2D eigenvalue weighted by Gasteiger charge is 2.11. The lowest BCUT2D eigenvalue weighted by molar-refractivity contribution is 0.358. The number of aromatic nitrogens is 3. The van der Waals surface area contributed by atoms with Crippen LogP contribution in [0.15, 0.2) is 22.9 Å². The molecule has 1 unspecified atom stereocenters. The fourth-order valence-corrected chi connectivity index (χ4v) is 1.99. The van der Waals surface area contributed by atoms with Crippen molar-refractivity contribution >= 4 is 0 Å². The molecule has 2 aromatic heterocycles. The summed E-state index contributed by atoms with van der Waals surface area (Å²) in [6.07, 6.45) is 4.23. The molecular weight excluding hydrogens is 268 g/mol. The van der Waals surface area contributed by atoms with Crippen LogP contribution in [0.2, 0.25) is 0 Å². The monoisotopic (exact) mass is 290 g/mol. The summed E-state index contributed by atoms with van der Waals surface area (Å²) >= 11 is 0. The van der Waals surface area contributed by atoms with Crippen molar-refractivity contribution in [1.29, 1.82) is 0 Å². The van der Waals surface area contributed by atoms with Gasteiger partial charge in [0.05, 0.1) is 7.11 Å². The van der Waals surface area contributed by atoms with Crippen molar-refractivity contribution in [3.8, 4) is 5.88 Å². The second kappa shape index (κ2) is 7.73. The van der Waals surface area contributed by atoms with Crippen molar-refractivity contribution in [1.82, 2.24) is 20.4 Å². The second-order valence-electron chi connectivity index (χ2n) is 5.05. The molecule has 0 bridgehead atoms. The Morgan fingerprint density at radius 3 is 2.90 bits per heavy atom. The molecule has 2 aromatic rings. The predicted octanol–water partition coefficient (Wildman–Crippen LogP) is 1.99. The molecule has 6 nitrogen and oxygen atoms in total. The summed E-state index contributed by atoms with van der Waals surface area (Å²) in [5.41, 5.74) is 1.03. The van der Waals surface area contributed by atoms with Crippen molar-refractivity contribution < 1.29 is 9.26 Å². The first kappa shape index (κ1) is 15.4. The molecule has 0 aliphatic rings. The Bertz CT molecular complexity index is 539. The summed E-state index contributed by atoms with van der Waals surface area (Å²) in [6, 6.07) is 4.11. The van der Waals surface area contributed by atoms with Crippen LogP contribution in [0.3, 0.4) is 0 Å². The minimum absolute atomic E-state index is 0.334. The van der Waals surface area contributed by atoms with Crippen molar-refractivity contribution in [3.63, 3.8) is 0 Å². The van der Waals surface area contributed by atoms with Crippen molar-refractivity contribution in [2.75, 3.05) is 13.7 Å². The molecule has 0 radical (unpaired) electrons. The molecule has 1 atom stereocenters. The first-order chi connectivity index (χ1) is 10.2. The van der Waals surface area contributed by atoms with Gasteiger partial charge in [0, 0.05) is 31.1 Å². The third kappa shape index (κ3) is 4.82. The molecule has 2 rings (SSSR count). The van der Waals surface area contributed by atoms with E-state index < -0.39 is 0 Å². The normalized spacial score (nSPS) is 12.3. The number of hydrogen-bond acceptors (Lipinski definition) is 6. The van der Waals surface area contributed by atoms with E-state index in [9.17, 15) is 0 Å². The summed E-state index contributed by atoms with van der Waals surface area (Å²) in [4.78, 5) is 8.58. The molecule has 0 saturated heterocycles. The molecule has 0 spiro atoms. The molecule has 0 saturated carbocycles. The number of nitrogens with zero attached hydrogens (tertiary/aromatic N) is 3. The van der Waals surface area contributed by atoms with Gasteiger partial charge in [0.2, 0.25) is 11.8 Å².